The van der Waals surface area contributed by atoms with Crippen LogP contribution in [0.3, 0.4) is 0 Å². The molecule has 0 radical (unpaired) electrons. The third-order valence-electron chi connectivity index (χ3n) is 8.03. The molecular formula is C33H36N2O6. The van der Waals surface area contributed by atoms with Gasteiger partial charge in [0.25, 0.3) is 0 Å². The molecule has 0 saturated carbocycles. The number of likely N-dealkylation sites (tertiary alicyclic amines) is 1. The van der Waals surface area contributed by atoms with Gasteiger partial charge in [0, 0.05) is 18.5 Å². The van der Waals surface area contributed by atoms with Crippen LogP contribution in [0.25, 0.3) is 11.1 Å². The number of nitrogens with zero attached hydrogens (tertiary/aromatic N) is 1. The summed E-state index contributed by atoms with van der Waals surface area (Å²) in [6.07, 6.45) is 0.700. The molecule has 3 aromatic rings. The second-order valence-electron chi connectivity index (χ2n) is 10.7. The van der Waals surface area contributed by atoms with Crippen molar-refractivity contribution < 1.29 is 29.0 Å². The number of hydrogen-bond donors (Lipinski definition) is 2. The lowest BCUT2D eigenvalue weighted by atomic mass is 9.97. The van der Waals surface area contributed by atoms with Crippen molar-refractivity contribution in [3.05, 3.63) is 95.6 Å². The molecule has 41 heavy (non-hydrogen) atoms. The molecule has 2 amide bonds. The van der Waals surface area contributed by atoms with Gasteiger partial charge in [-0.1, -0.05) is 78.9 Å². The number of hydrogen-bond acceptors (Lipinski definition) is 5. The molecule has 5 rings (SSSR count). The minimum atomic E-state index is -1.04. The Bertz CT molecular complexity index is 1330. The summed E-state index contributed by atoms with van der Waals surface area (Å²) in [7, 11) is 0. The van der Waals surface area contributed by atoms with Crippen molar-refractivity contribution >= 4 is 18.0 Å². The smallest absolute Gasteiger partial charge is 0.407 e. The van der Waals surface area contributed by atoms with Gasteiger partial charge < -0.3 is 24.8 Å². The number of amides is 2. The van der Waals surface area contributed by atoms with Gasteiger partial charge in [-0.05, 0) is 54.0 Å². The van der Waals surface area contributed by atoms with E-state index in [1.165, 1.54) is 0 Å². The summed E-state index contributed by atoms with van der Waals surface area (Å²) < 4.78 is 11.8. The number of nitrogens with one attached hydrogen (secondary N) is 1. The van der Waals surface area contributed by atoms with Crippen LogP contribution in [0.5, 0.6) is 0 Å². The Labute approximate surface area is 240 Å². The Morgan fingerprint density at radius 3 is 2.22 bits per heavy atom. The van der Waals surface area contributed by atoms with Crippen LogP contribution in [0.15, 0.2) is 78.9 Å². The average Bonchev–Trinajstić information content (AvgIpc) is 3.31. The summed E-state index contributed by atoms with van der Waals surface area (Å²) in [4.78, 5) is 40.2. The van der Waals surface area contributed by atoms with E-state index in [2.05, 4.69) is 17.4 Å². The number of carbonyl (C=O) groups is 3. The molecule has 3 atom stereocenters. The van der Waals surface area contributed by atoms with Crippen molar-refractivity contribution in [3.63, 3.8) is 0 Å². The Morgan fingerprint density at radius 1 is 0.927 bits per heavy atom. The number of aliphatic carboxylic acids is 1. The molecule has 8 heteroatoms. The van der Waals surface area contributed by atoms with Crippen LogP contribution in [0.2, 0.25) is 0 Å². The number of piperidine rings is 1. The summed E-state index contributed by atoms with van der Waals surface area (Å²) in [5.74, 6) is -1.43. The van der Waals surface area contributed by atoms with Crippen LogP contribution in [0.4, 0.5) is 4.79 Å². The van der Waals surface area contributed by atoms with Crippen LogP contribution >= 0.6 is 0 Å². The second kappa shape index (κ2) is 13.0. The summed E-state index contributed by atoms with van der Waals surface area (Å²) in [5.41, 5.74) is 5.38. The first-order valence-electron chi connectivity index (χ1n) is 14.2. The minimum Gasteiger partial charge on any atom is -0.481 e. The molecule has 2 unspecified atom stereocenters. The van der Waals surface area contributed by atoms with E-state index in [-0.39, 0.29) is 31.5 Å². The maximum atomic E-state index is 13.8. The quantitative estimate of drug-likeness (QED) is 0.349. The Kier molecular flexibility index (Phi) is 8.99. The van der Waals surface area contributed by atoms with Crippen LogP contribution in [-0.2, 0) is 25.7 Å². The molecule has 0 aromatic heterocycles. The van der Waals surface area contributed by atoms with Gasteiger partial charge in [-0.3, -0.25) is 9.59 Å². The summed E-state index contributed by atoms with van der Waals surface area (Å²) >= 11 is 0. The topological polar surface area (TPSA) is 105 Å². The first kappa shape index (κ1) is 28.4. The standard InChI is InChI=1S/C33H36N2O6/c1-22(40-20-23-11-3-2-4-12-23)31(32(38)35-18-10-9-13-24(35)19-30(36)37)34-33(39)41-21-29-27-16-7-5-14-25(27)26-15-6-8-17-28(26)29/h2-8,11-12,14-17,22,24,29,31H,9-10,13,18-21H2,1H3,(H,34,39)(H,36,37)/t22?,24-,31?/m0/s1. The number of benzene rings is 3. The number of carboxylic acid groups (broad SMARTS) is 1. The zero-order valence-corrected chi connectivity index (χ0v) is 23.2. The molecule has 1 aliphatic carbocycles. The maximum absolute atomic E-state index is 13.8. The highest BCUT2D eigenvalue weighted by atomic mass is 16.5. The first-order chi connectivity index (χ1) is 19.9. The van der Waals surface area contributed by atoms with Crippen molar-refractivity contribution in [3.8, 4) is 11.1 Å². The molecule has 0 spiro atoms. The highest BCUT2D eigenvalue weighted by Crippen LogP contribution is 2.44. The molecule has 3 aromatic carbocycles. The number of carbonyl (C=O) groups excluding carboxylic acids is 2. The van der Waals surface area contributed by atoms with E-state index in [9.17, 15) is 19.5 Å². The predicted octanol–water partition coefficient (Wildman–Crippen LogP) is 5.35. The fourth-order valence-electron chi connectivity index (χ4n) is 5.93. The summed E-state index contributed by atoms with van der Waals surface area (Å²) in [6.45, 7) is 2.55. The molecule has 8 nitrogen and oxygen atoms in total. The fraction of sp³-hybridized carbons (Fsp3) is 0.364. The average molecular weight is 557 g/mol. The SMILES string of the molecule is CC(OCc1ccccc1)C(NC(=O)OCC1c2ccccc2-c2ccccc21)C(=O)N1CCCC[C@H]1CC(=O)O. The zero-order chi connectivity index (χ0) is 28.8. The van der Waals surface area contributed by atoms with E-state index < -0.39 is 30.3 Å². The lowest BCUT2D eigenvalue weighted by molar-refractivity contribution is -0.145. The van der Waals surface area contributed by atoms with Gasteiger partial charge in [0.15, 0.2) is 0 Å². The minimum absolute atomic E-state index is 0.115. The molecule has 2 N–H and O–H groups in total. The molecule has 2 aliphatic rings. The van der Waals surface area contributed by atoms with Crippen LogP contribution in [0.1, 0.15) is 55.2 Å². The van der Waals surface area contributed by atoms with Gasteiger partial charge in [0.2, 0.25) is 5.91 Å². The van der Waals surface area contributed by atoms with E-state index in [0.29, 0.717) is 13.0 Å². The molecule has 1 saturated heterocycles. The van der Waals surface area contributed by atoms with E-state index in [4.69, 9.17) is 9.47 Å². The van der Waals surface area contributed by atoms with Gasteiger partial charge in [-0.15, -0.1) is 0 Å². The normalized spacial score (nSPS) is 17.7. The van der Waals surface area contributed by atoms with Gasteiger partial charge >= 0.3 is 12.1 Å². The monoisotopic (exact) mass is 556 g/mol. The fourth-order valence-corrected chi connectivity index (χ4v) is 5.93. The van der Waals surface area contributed by atoms with Gasteiger partial charge in [-0.25, -0.2) is 4.79 Å². The summed E-state index contributed by atoms with van der Waals surface area (Å²) in [6, 6.07) is 24.3. The Morgan fingerprint density at radius 2 is 1.56 bits per heavy atom. The Hall–Kier alpha value is -4.17. The molecule has 1 heterocycles. The highest BCUT2D eigenvalue weighted by molar-refractivity contribution is 5.87. The van der Waals surface area contributed by atoms with E-state index >= 15 is 0 Å². The van der Waals surface area contributed by atoms with Crippen LogP contribution in [-0.4, -0.2) is 59.3 Å². The third-order valence-corrected chi connectivity index (χ3v) is 8.03. The van der Waals surface area contributed by atoms with E-state index in [0.717, 1.165) is 40.7 Å². The van der Waals surface area contributed by atoms with Crippen LogP contribution in [0, 0.1) is 0 Å². The second-order valence-corrected chi connectivity index (χ2v) is 10.7. The molecule has 1 aliphatic heterocycles. The number of ether oxygens (including phenoxy) is 2. The highest BCUT2D eigenvalue weighted by Gasteiger charge is 2.37. The molecule has 0 bridgehead atoms. The lowest BCUT2D eigenvalue weighted by Crippen LogP contribution is -2.58. The Balaban J connectivity index is 1.30. The van der Waals surface area contributed by atoms with Gasteiger partial charge in [0.05, 0.1) is 19.1 Å². The third kappa shape index (κ3) is 6.60. The maximum Gasteiger partial charge on any atom is 0.407 e. The van der Waals surface area contributed by atoms with Crippen LogP contribution < -0.4 is 5.32 Å². The van der Waals surface area contributed by atoms with Gasteiger partial charge in [0.1, 0.15) is 12.6 Å². The number of alkyl carbamates (subject to hydrolysis) is 1. The first-order valence-corrected chi connectivity index (χ1v) is 14.2. The molecular weight excluding hydrogens is 520 g/mol. The van der Waals surface area contributed by atoms with E-state index in [1.54, 1.807) is 11.8 Å². The number of fused-ring (bicyclic) bond motifs is 3. The zero-order valence-electron chi connectivity index (χ0n) is 23.2. The van der Waals surface area contributed by atoms with E-state index in [1.807, 2.05) is 66.7 Å². The summed E-state index contributed by atoms with van der Waals surface area (Å²) in [5, 5.41) is 12.2. The molecule has 214 valence electrons. The number of carboxylic acids is 1. The predicted molar refractivity (Wildman–Crippen MR) is 154 cm³/mol. The van der Waals surface area contributed by atoms with Crippen molar-refractivity contribution in [2.24, 2.45) is 0 Å². The van der Waals surface area contributed by atoms with Gasteiger partial charge in [-0.2, -0.15) is 0 Å². The van der Waals surface area contributed by atoms with Crippen molar-refractivity contribution in [1.82, 2.24) is 10.2 Å². The number of rotatable bonds is 10. The lowest BCUT2D eigenvalue weighted by Gasteiger charge is -2.38. The molecule has 1 fully saturated rings. The van der Waals surface area contributed by atoms with Crippen molar-refractivity contribution in [1.29, 1.82) is 0 Å². The largest absolute Gasteiger partial charge is 0.481 e. The van der Waals surface area contributed by atoms with Crippen molar-refractivity contribution in [2.75, 3.05) is 13.2 Å². The van der Waals surface area contributed by atoms with Crippen molar-refractivity contribution in [2.45, 2.75) is 63.3 Å².